The summed E-state index contributed by atoms with van der Waals surface area (Å²) in [4.78, 5) is 31.6. The smallest absolute Gasteiger partial charge is 0.290 e. The Kier molecular flexibility index (Phi) is 6.07. The number of para-hydroxylation sites is 1. The molecule has 2 amide bonds. The van der Waals surface area contributed by atoms with Crippen molar-refractivity contribution in [2.75, 3.05) is 44.4 Å². The molecule has 35 heavy (non-hydrogen) atoms. The zero-order chi connectivity index (χ0) is 24.6. The number of fused-ring (bicyclic) bond motifs is 1. The van der Waals surface area contributed by atoms with Crippen LogP contribution >= 0.6 is 0 Å². The maximum atomic E-state index is 13.2. The van der Waals surface area contributed by atoms with E-state index in [4.69, 9.17) is 9.47 Å². The van der Waals surface area contributed by atoms with E-state index in [0.717, 1.165) is 0 Å². The maximum Gasteiger partial charge on any atom is 0.290 e. The van der Waals surface area contributed by atoms with Crippen LogP contribution in [0.1, 0.15) is 6.92 Å². The molecule has 184 valence electrons. The van der Waals surface area contributed by atoms with E-state index in [1.54, 1.807) is 37.3 Å². The second-order valence-electron chi connectivity index (χ2n) is 8.28. The summed E-state index contributed by atoms with van der Waals surface area (Å²) in [5, 5.41) is 1.31. The van der Waals surface area contributed by atoms with Gasteiger partial charge in [0.1, 0.15) is 19.3 Å². The van der Waals surface area contributed by atoms with Gasteiger partial charge in [0.25, 0.3) is 11.8 Å². The van der Waals surface area contributed by atoms with Crippen molar-refractivity contribution >= 4 is 33.4 Å². The molecule has 0 bridgehead atoms. The van der Waals surface area contributed by atoms with E-state index in [9.17, 15) is 18.0 Å². The number of piperazine rings is 1. The second kappa shape index (κ2) is 9.19. The fraction of sp³-hybridized carbons (Fsp3) is 0.348. The Balaban J connectivity index is 1.26. The summed E-state index contributed by atoms with van der Waals surface area (Å²) in [6.45, 7) is 3.06. The van der Waals surface area contributed by atoms with Gasteiger partial charge in [-0.1, -0.05) is 18.2 Å². The van der Waals surface area contributed by atoms with Crippen LogP contribution in [0.3, 0.4) is 0 Å². The first-order chi connectivity index (χ1) is 16.8. The standard InChI is InChI=1S/C23H25N5O6S/c1-16-22(29)28(17-5-3-2-4-6-17)25-21(24-16)23(30)26-9-11-27(12-10-26)35(31,32)18-7-8-19-20(15-18)34-14-13-33-19/h2-8,15-16H,9-14H2,1H3,(H,24,25). The molecule has 2 aromatic rings. The first-order valence-corrected chi connectivity index (χ1v) is 12.7. The Bertz CT molecular complexity index is 1270. The summed E-state index contributed by atoms with van der Waals surface area (Å²) < 4.78 is 38.7. The van der Waals surface area contributed by atoms with Crippen molar-refractivity contribution in [1.29, 1.82) is 0 Å². The van der Waals surface area contributed by atoms with Gasteiger partial charge in [0.15, 0.2) is 11.5 Å². The first-order valence-electron chi connectivity index (χ1n) is 11.3. The van der Waals surface area contributed by atoms with Crippen LogP contribution in [0.5, 0.6) is 11.5 Å². The Morgan fingerprint density at radius 1 is 1.00 bits per heavy atom. The minimum atomic E-state index is -3.77. The van der Waals surface area contributed by atoms with Gasteiger partial charge in [-0.3, -0.25) is 15.0 Å². The number of hydrogen-bond acceptors (Lipinski definition) is 8. The minimum absolute atomic E-state index is 0.0455. The largest absolute Gasteiger partial charge is 0.486 e. The molecule has 1 fully saturated rings. The Morgan fingerprint density at radius 3 is 2.40 bits per heavy atom. The summed E-state index contributed by atoms with van der Waals surface area (Å²) in [6.07, 6.45) is 0. The van der Waals surface area contributed by atoms with Crippen LogP contribution in [0.25, 0.3) is 0 Å². The van der Waals surface area contributed by atoms with Gasteiger partial charge in [-0.25, -0.2) is 18.4 Å². The lowest BCUT2D eigenvalue weighted by atomic mass is 10.2. The van der Waals surface area contributed by atoms with E-state index in [-0.39, 0.29) is 48.7 Å². The zero-order valence-electron chi connectivity index (χ0n) is 19.1. The van der Waals surface area contributed by atoms with Gasteiger partial charge in [-0.2, -0.15) is 4.31 Å². The average Bonchev–Trinajstić information content (AvgIpc) is 2.90. The molecular formula is C23H25N5O6S. The highest BCUT2D eigenvalue weighted by Crippen LogP contribution is 2.33. The number of carbonyl (C=O) groups is 2. The van der Waals surface area contributed by atoms with Crippen LogP contribution in [0.2, 0.25) is 0 Å². The second-order valence-corrected chi connectivity index (χ2v) is 10.2. The van der Waals surface area contributed by atoms with Crippen molar-refractivity contribution < 1.29 is 27.5 Å². The van der Waals surface area contributed by atoms with Gasteiger partial charge < -0.3 is 14.4 Å². The fourth-order valence-electron chi connectivity index (χ4n) is 4.11. The van der Waals surface area contributed by atoms with Crippen molar-refractivity contribution in [2.24, 2.45) is 4.99 Å². The summed E-state index contributed by atoms with van der Waals surface area (Å²) in [7, 11) is -3.77. The van der Waals surface area contributed by atoms with E-state index in [1.807, 2.05) is 6.07 Å². The van der Waals surface area contributed by atoms with E-state index in [2.05, 4.69) is 10.4 Å². The third-order valence-electron chi connectivity index (χ3n) is 6.01. The van der Waals surface area contributed by atoms with Gasteiger partial charge in [-0.05, 0) is 31.2 Å². The molecule has 0 aromatic heterocycles. The zero-order valence-corrected chi connectivity index (χ0v) is 19.9. The summed E-state index contributed by atoms with van der Waals surface area (Å²) in [6, 6.07) is 12.8. The van der Waals surface area contributed by atoms with Crippen LogP contribution < -0.4 is 19.9 Å². The number of hydrogen-bond donors (Lipinski definition) is 1. The Morgan fingerprint density at radius 2 is 1.69 bits per heavy atom. The number of benzene rings is 2. The van der Waals surface area contributed by atoms with E-state index >= 15 is 0 Å². The molecular weight excluding hydrogens is 474 g/mol. The fourth-order valence-corrected chi connectivity index (χ4v) is 5.55. The molecule has 3 aliphatic rings. The number of ether oxygens (including phenoxy) is 2. The van der Waals surface area contributed by atoms with Gasteiger partial charge in [0.05, 0.1) is 10.6 Å². The quantitative estimate of drug-likeness (QED) is 0.655. The monoisotopic (exact) mass is 499 g/mol. The highest BCUT2D eigenvalue weighted by molar-refractivity contribution is 7.89. The third-order valence-corrected chi connectivity index (χ3v) is 7.91. The van der Waals surface area contributed by atoms with Crippen LogP contribution in [0.15, 0.2) is 58.4 Å². The molecule has 2 aromatic carbocycles. The highest BCUT2D eigenvalue weighted by Gasteiger charge is 2.36. The number of carbonyl (C=O) groups excluding carboxylic acids is 2. The number of hydrazine groups is 1. The van der Waals surface area contributed by atoms with Gasteiger partial charge in [-0.15, -0.1) is 0 Å². The summed E-state index contributed by atoms with van der Waals surface area (Å²) in [5.74, 6) is 0.302. The van der Waals surface area contributed by atoms with Crippen molar-refractivity contribution in [3.63, 3.8) is 0 Å². The lowest BCUT2D eigenvalue weighted by Gasteiger charge is -2.36. The molecule has 1 atom stereocenters. The molecule has 11 nitrogen and oxygen atoms in total. The van der Waals surface area contributed by atoms with Gasteiger partial charge in [0, 0.05) is 32.2 Å². The van der Waals surface area contributed by atoms with E-state index in [1.165, 1.54) is 26.3 Å². The molecule has 1 saturated heterocycles. The molecule has 3 heterocycles. The molecule has 0 saturated carbocycles. The number of aliphatic imine (C=N–C) groups is 1. The number of rotatable bonds is 4. The van der Waals surface area contributed by atoms with Gasteiger partial charge >= 0.3 is 0 Å². The van der Waals surface area contributed by atoms with Crippen LogP contribution in [-0.4, -0.2) is 80.7 Å². The number of amidine groups is 1. The van der Waals surface area contributed by atoms with Crippen molar-refractivity contribution in [2.45, 2.75) is 17.9 Å². The lowest BCUT2D eigenvalue weighted by molar-refractivity contribution is -0.125. The third kappa shape index (κ3) is 4.42. The molecule has 5 rings (SSSR count). The first kappa shape index (κ1) is 23.1. The predicted octanol–water partition coefficient (Wildman–Crippen LogP) is 0.629. The number of amides is 2. The number of anilines is 1. The maximum absolute atomic E-state index is 13.2. The topological polar surface area (TPSA) is 121 Å². The molecule has 1 unspecified atom stereocenters. The van der Waals surface area contributed by atoms with E-state index in [0.29, 0.717) is 30.4 Å². The van der Waals surface area contributed by atoms with Crippen molar-refractivity contribution in [3.8, 4) is 11.5 Å². The molecule has 1 N–H and O–H groups in total. The average molecular weight is 500 g/mol. The predicted molar refractivity (Wildman–Crippen MR) is 127 cm³/mol. The normalized spacial score (nSPS) is 20.8. The van der Waals surface area contributed by atoms with Crippen LogP contribution in [0.4, 0.5) is 5.69 Å². The number of nitrogens with one attached hydrogen (secondary N) is 1. The lowest BCUT2D eigenvalue weighted by Crippen LogP contribution is -2.60. The van der Waals surface area contributed by atoms with E-state index < -0.39 is 16.1 Å². The Labute approximate surface area is 202 Å². The highest BCUT2D eigenvalue weighted by atomic mass is 32.2. The van der Waals surface area contributed by atoms with Gasteiger partial charge in [0.2, 0.25) is 15.9 Å². The van der Waals surface area contributed by atoms with Crippen molar-refractivity contribution in [1.82, 2.24) is 14.6 Å². The molecule has 0 radical (unpaired) electrons. The molecule has 0 aliphatic carbocycles. The number of sulfonamides is 1. The molecule has 0 spiro atoms. The SMILES string of the molecule is CC1N=C(C(=O)N2CCN(S(=O)(=O)c3ccc4c(c3)OCCO4)CC2)NN(c2ccccc2)C1=O. The molecule has 3 aliphatic heterocycles. The van der Waals surface area contributed by atoms with Crippen LogP contribution in [-0.2, 0) is 19.6 Å². The van der Waals surface area contributed by atoms with Crippen molar-refractivity contribution in [3.05, 3.63) is 48.5 Å². The minimum Gasteiger partial charge on any atom is -0.486 e. The molecule has 12 heteroatoms. The van der Waals surface area contributed by atoms with Crippen LogP contribution in [0, 0.1) is 0 Å². The summed E-state index contributed by atoms with van der Waals surface area (Å²) >= 11 is 0. The number of nitrogens with zero attached hydrogens (tertiary/aromatic N) is 4. The summed E-state index contributed by atoms with van der Waals surface area (Å²) in [5.41, 5.74) is 3.43. The Hall–Kier alpha value is -3.64.